The van der Waals surface area contributed by atoms with E-state index in [4.69, 9.17) is 21.1 Å². The van der Waals surface area contributed by atoms with Gasteiger partial charge in [-0.05, 0) is 55.9 Å². The van der Waals surface area contributed by atoms with Gasteiger partial charge in [-0.15, -0.1) is 0 Å². The lowest BCUT2D eigenvalue weighted by Crippen LogP contribution is -2.55. The Morgan fingerprint density at radius 1 is 1.00 bits per heavy atom. The van der Waals surface area contributed by atoms with Crippen molar-refractivity contribution < 1.29 is 19.1 Å². The average Bonchev–Trinajstić information content (AvgIpc) is 2.93. The molecular formula is C28H31ClN4O4. The molecule has 2 atom stereocenters. The number of amides is 2. The first-order valence-electron chi connectivity index (χ1n) is 12.2. The molecule has 1 aliphatic heterocycles. The number of halogens is 1. The van der Waals surface area contributed by atoms with Gasteiger partial charge in [-0.3, -0.25) is 9.59 Å². The molecule has 3 aromatic rings. The molecule has 2 amide bonds. The molecule has 1 saturated heterocycles. The third kappa shape index (κ3) is 7.29. The minimum absolute atomic E-state index is 0.0284. The Hall–Kier alpha value is -3.46. The Labute approximate surface area is 222 Å². The van der Waals surface area contributed by atoms with Crippen molar-refractivity contribution in [1.82, 2.24) is 20.1 Å². The van der Waals surface area contributed by atoms with Crippen LogP contribution >= 0.6 is 11.6 Å². The summed E-state index contributed by atoms with van der Waals surface area (Å²) in [6.07, 6.45) is 1.29. The van der Waals surface area contributed by atoms with E-state index in [0.717, 1.165) is 18.7 Å². The summed E-state index contributed by atoms with van der Waals surface area (Å²) in [4.78, 5) is 35.0. The molecule has 0 aliphatic carbocycles. The number of pyridine rings is 1. The first kappa shape index (κ1) is 26.6. The largest absolute Gasteiger partial charge is 0.438 e. The fraction of sp³-hybridized carbons (Fsp3) is 0.321. The molecule has 0 radical (unpaired) electrons. The number of benzene rings is 2. The zero-order valence-corrected chi connectivity index (χ0v) is 21.7. The Kier molecular flexibility index (Phi) is 9.11. The fourth-order valence-electron chi connectivity index (χ4n) is 3.98. The van der Waals surface area contributed by atoms with Crippen LogP contribution in [0.1, 0.15) is 28.9 Å². The van der Waals surface area contributed by atoms with Gasteiger partial charge in [0, 0.05) is 37.4 Å². The number of nitrogens with one attached hydrogen (secondary N) is 1. The van der Waals surface area contributed by atoms with E-state index in [-0.39, 0.29) is 30.1 Å². The first-order chi connectivity index (χ1) is 17.9. The van der Waals surface area contributed by atoms with Crippen LogP contribution in [0.25, 0.3) is 0 Å². The third-order valence-electron chi connectivity index (χ3n) is 6.24. The van der Waals surface area contributed by atoms with Crippen molar-refractivity contribution in [3.63, 3.8) is 0 Å². The lowest BCUT2D eigenvalue weighted by molar-refractivity contribution is -0.137. The predicted octanol–water partition coefficient (Wildman–Crippen LogP) is 4.18. The Morgan fingerprint density at radius 3 is 2.41 bits per heavy atom. The van der Waals surface area contributed by atoms with Crippen molar-refractivity contribution in [2.45, 2.75) is 19.1 Å². The maximum absolute atomic E-state index is 13.5. The second-order valence-corrected chi connectivity index (χ2v) is 9.39. The highest BCUT2D eigenvalue weighted by atomic mass is 35.5. The van der Waals surface area contributed by atoms with E-state index in [0.29, 0.717) is 23.9 Å². The number of hydrogen-bond donors (Lipinski definition) is 1. The number of piperazine rings is 1. The zero-order chi connectivity index (χ0) is 26.2. The highest BCUT2D eigenvalue weighted by Gasteiger charge is 2.30. The molecule has 2 aromatic carbocycles. The SMILES string of the molecule is CC(OCC(NC(=O)c1cccnc1Oc1ccc(Cl)cc1)C(=O)N1CCN(C)CC1)c1ccccc1. The molecule has 2 heterocycles. The van der Waals surface area contributed by atoms with Crippen molar-refractivity contribution >= 4 is 23.4 Å². The summed E-state index contributed by atoms with van der Waals surface area (Å²) >= 11 is 5.96. The molecule has 37 heavy (non-hydrogen) atoms. The second kappa shape index (κ2) is 12.7. The Morgan fingerprint density at radius 2 is 1.70 bits per heavy atom. The molecule has 194 valence electrons. The van der Waals surface area contributed by atoms with Crippen LogP contribution in [0.2, 0.25) is 5.02 Å². The molecule has 4 rings (SSSR count). The van der Waals surface area contributed by atoms with Crippen molar-refractivity contribution in [2.24, 2.45) is 0 Å². The molecule has 9 heteroatoms. The summed E-state index contributed by atoms with van der Waals surface area (Å²) in [5.41, 5.74) is 1.20. The molecule has 1 aliphatic rings. The highest BCUT2D eigenvalue weighted by Crippen LogP contribution is 2.24. The average molecular weight is 523 g/mol. The monoisotopic (exact) mass is 522 g/mol. The first-order valence-corrected chi connectivity index (χ1v) is 12.6. The maximum Gasteiger partial charge on any atom is 0.257 e. The summed E-state index contributed by atoms with van der Waals surface area (Å²) < 4.78 is 11.9. The van der Waals surface area contributed by atoms with Gasteiger partial charge in [0.05, 0.1) is 12.7 Å². The lowest BCUT2D eigenvalue weighted by atomic mass is 10.1. The van der Waals surface area contributed by atoms with Gasteiger partial charge in [0.15, 0.2) is 0 Å². The predicted molar refractivity (Wildman–Crippen MR) is 142 cm³/mol. The molecule has 0 spiro atoms. The van der Waals surface area contributed by atoms with Crippen molar-refractivity contribution in [3.05, 3.63) is 89.1 Å². The van der Waals surface area contributed by atoms with Crippen LogP contribution in [0.15, 0.2) is 72.9 Å². The summed E-state index contributed by atoms with van der Waals surface area (Å²) in [5.74, 6) is -0.0276. The van der Waals surface area contributed by atoms with E-state index in [1.54, 1.807) is 47.5 Å². The second-order valence-electron chi connectivity index (χ2n) is 8.95. The molecule has 1 fully saturated rings. The van der Waals surface area contributed by atoms with Crippen LogP contribution in [0.3, 0.4) is 0 Å². The van der Waals surface area contributed by atoms with E-state index < -0.39 is 11.9 Å². The third-order valence-corrected chi connectivity index (χ3v) is 6.50. The molecule has 1 N–H and O–H groups in total. The van der Waals surface area contributed by atoms with E-state index in [1.165, 1.54) is 0 Å². The van der Waals surface area contributed by atoms with Gasteiger partial charge in [0.2, 0.25) is 11.8 Å². The van der Waals surface area contributed by atoms with E-state index >= 15 is 0 Å². The number of carbonyl (C=O) groups is 2. The molecule has 0 bridgehead atoms. The fourth-order valence-corrected chi connectivity index (χ4v) is 4.10. The lowest BCUT2D eigenvalue weighted by Gasteiger charge is -2.35. The molecule has 1 aromatic heterocycles. The minimum atomic E-state index is -0.870. The normalized spacial score (nSPS) is 15.6. The zero-order valence-electron chi connectivity index (χ0n) is 21.0. The number of hydrogen-bond acceptors (Lipinski definition) is 6. The summed E-state index contributed by atoms with van der Waals surface area (Å²) in [6, 6.07) is 18.9. The van der Waals surface area contributed by atoms with E-state index in [2.05, 4.69) is 15.2 Å². The van der Waals surface area contributed by atoms with Gasteiger partial charge in [-0.2, -0.15) is 0 Å². The molecule has 0 saturated carbocycles. The number of nitrogens with zero attached hydrogens (tertiary/aromatic N) is 3. The minimum Gasteiger partial charge on any atom is -0.438 e. The molecule has 2 unspecified atom stereocenters. The summed E-state index contributed by atoms with van der Waals surface area (Å²) in [6.45, 7) is 4.68. The standard InChI is InChI=1S/C28H31ClN4O4/c1-20(21-7-4-3-5-8-21)36-19-25(28(35)33-17-15-32(2)16-18-33)31-26(34)24-9-6-14-30-27(24)37-23-12-10-22(29)11-13-23/h3-14,20,25H,15-19H2,1-2H3,(H,31,34). The van der Waals surface area contributed by atoms with Gasteiger partial charge >= 0.3 is 0 Å². The van der Waals surface area contributed by atoms with Crippen LogP contribution in [0.4, 0.5) is 0 Å². The Bertz CT molecular complexity index is 1180. The van der Waals surface area contributed by atoms with Crippen LogP contribution < -0.4 is 10.1 Å². The topological polar surface area (TPSA) is 84.0 Å². The van der Waals surface area contributed by atoms with Crippen molar-refractivity contribution in [2.75, 3.05) is 39.8 Å². The van der Waals surface area contributed by atoms with Crippen LogP contribution in [-0.2, 0) is 9.53 Å². The number of ether oxygens (including phenoxy) is 2. The van der Waals surface area contributed by atoms with Gasteiger partial charge in [0.25, 0.3) is 5.91 Å². The number of carbonyl (C=O) groups excluding carboxylic acids is 2. The number of aromatic nitrogens is 1. The quantitative estimate of drug-likeness (QED) is 0.454. The summed E-state index contributed by atoms with van der Waals surface area (Å²) in [5, 5.41) is 3.44. The van der Waals surface area contributed by atoms with Crippen LogP contribution in [-0.4, -0.2) is 72.5 Å². The van der Waals surface area contributed by atoms with Crippen molar-refractivity contribution in [1.29, 1.82) is 0 Å². The number of rotatable bonds is 9. The summed E-state index contributed by atoms with van der Waals surface area (Å²) in [7, 11) is 2.02. The smallest absolute Gasteiger partial charge is 0.257 e. The van der Waals surface area contributed by atoms with Gasteiger partial charge in [-0.25, -0.2) is 4.98 Å². The molecular weight excluding hydrogens is 492 g/mol. The van der Waals surface area contributed by atoms with Crippen LogP contribution in [0, 0.1) is 0 Å². The van der Waals surface area contributed by atoms with Crippen LogP contribution in [0.5, 0.6) is 11.6 Å². The number of likely N-dealkylation sites (N-methyl/N-ethyl adjacent to an activating group) is 1. The van der Waals surface area contributed by atoms with Gasteiger partial charge in [0.1, 0.15) is 17.4 Å². The highest BCUT2D eigenvalue weighted by molar-refractivity contribution is 6.30. The van der Waals surface area contributed by atoms with E-state index in [1.807, 2.05) is 44.3 Å². The van der Waals surface area contributed by atoms with Gasteiger partial charge in [-0.1, -0.05) is 41.9 Å². The maximum atomic E-state index is 13.5. The van der Waals surface area contributed by atoms with Gasteiger partial charge < -0.3 is 24.6 Å². The Balaban J connectivity index is 1.50. The molecule has 8 nitrogen and oxygen atoms in total. The van der Waals surface area contributed by atoms with E-state index in [9.17, 15) is 9.59 Å². The van der Waals surface area contributed by atoms with Crippen molar-refractivity contribution in [3.8, 4) is 11.6 Å².